The van der Waals surface area contributed by atoms with Crippen molar-refractivity contribution in [2.75, 3.05) is 20.1 Å². The second-order valence-corrected chi connectivity index (χ2v) is 5.99. The smallest absolute Gasteiger partial charge is 0.237 e. The van der Waals surface area contributed by atoms with E-state index in [1.54, 1.807) is 7.05 Å². The van der Waals surface area contributed by atoms with Crippen LogP contribution in [0.2, 0.25) is 0 Å². The lowest BCUT2D eigenvalue weighted by Gasteiger charge is -2.21. The van der Waals surface area contributed by atoms with E-state index < -0.39 is 5.91 Å². The summed E-state index contributed by atoms with van der Waals surface area (Å²) < 4.78 is 5.75. The Kier molecular flexibility index (Phi) is 7.64. The van der Waals surface area contributed by atoms with Gasteiger partial charge in [0, 0.05) is 19.5 Å². The molecule has 6 nitrogen and oxygen atoms in total. The number of amides is 2. The fraction of sp³-hybridized carbons (Fsp3) is 0.300. The van der Waals surface area contributed by atoms with E-state index in [0.717, 1.165) is 16.9 Å². The first-order chi connectivity index (χ1) is 12.6. The average Bonchev–Trinajstić information content (AvgIpc) is 2.65. The molecule has 0 saturated carbocycles. The van der Waals surface area contributed by atoms with Crippen LogP contribution >= 0.6 is 0 Å². The van der Waals surface area contributed by atoms with Gasteiger partial charge in [-0.1, -0.05) is 42.5 Å². The highest BCUT2D eigenvalue weighted by atomic mass is 16.5. The number of carbonyl (C=O) groups excluding carboxylic acids is 2. The van der Waals surface area contributed by atoms with Gasteiger partial charge in [0.05, 0.1) is 6.54 Å². The van der Waals surface area contributed by atoms with E-state index in [0.29, 0.717) is 26.1 Å². The molecule has 0 heterocycles. The standard InChI is InChI=1S/C20H25N3O3/c1-22-12-11-20(25)23(14-19(21)24)13-16-7-9-18(10-8-16)26-15-17-5-3-2-4-6-17/h2-10,22H,11-15H2,1H3,(H2,21,24). The number of rotatable bonds is 10. The van der Waals surface area contributed by atoms with Gasteiger partial charge in [-0.15, -0.1) is 0 Å². The van der Waals surface area contributed by atoms with Crippen LogP contribution in [-0.2, 0) is 22.7 Å². The van der Waals surface area contributed by atoms with Crippen LogP contribution < -0.4 is 15.8 Å². The molecule has 0 aliphatic rings. The molecule has 0 unspecified atom stereocenters. The molecule has 0 spiro atoms. The Hall–Kier alpha value is -2.86. The van der Waals surface area contributed by atoms with Crippen molar-refractivity contribution >= 4 is 11.8 Å². The first kappa shape index (κ1) is 19.5. The van der Waals surface area contributed by atoms with E-state index in [4.69, 9.17) is 10.5 Å². The molecule has 0 aromatic heterocycles. The van der Waals surface area contributed by atoms with Crippen molar-refractivity contribution in [2.24, 2.45) is 5.73 Å². The molecule has 0 atom stereocenters. The van der Waals surface area contributed by atoms with E-state index in [1.807, 2.05) is 54.6 Å². The molecule has 0 aliphatic heterocycles. The highest BCUT2D eigenvalue weighted by Gasteiger charge is 2.15. The monoisotopic (exact) mass is 355 g/mol. The van der Waals surface area contributed by atoms with Gasteiger partial charge < -0.3 is 20.7 Å². The van der Waals surface area contributed by atoms with Crippen molar-refractivity contribution in [1.82, 2.24) is 10.2 Å². The van der Waals surface area contributed by atoms with Gasteiger partial charge in [-0.2, -0.15) is 0 Å². The minimum Gasteiger partial charge on any atom is -0.489 e. The SMILES string of the molecule is CNCCC(=O)N(CC(N)=O)Cc1ccc(OCc2ccccc2)cc1. The number of hydrogen-bond acceptors (Lipinski definition) is 4. The Bertz CT molecular complexity index is 702. The molecule has 6 heteroatoms. The molecule has 3 N–H and O–H groups in total. The van der Waals surface area contributed by atoms with Crippen LogP contribution in [0, 0.1) is 0 Å². The number of ether oxygens (including phenoxy) is 1. The van der Waals surface area contributed by atoms with Gasteiger partial charge in [-0.25, -0.2) is 0 Å². The van der Waals surface area contributed by atoms with Crippen LogP contribution in [0.25, 0.3) is 0 Å². The van der Waals surface area contributed by atoms with E-state index in [-0.39, 0.29) is 12.5 Å². The molecule has 0 bridgehead atoms. The second kappa shape index (κ2) is 10.2. The quantitative estimate of drug-likeness (QED) is 0.679. The number of benzene rings is 2. The highest BCUT2D eigenvalue weighted by molar-refractivity contribution is 5.83. The third-order valence-electron chi connectivity index (χ3n) is 3.83. The normalized spacial score (nSPS) is 10.3. The zero-order chi connectivity index (χ0) is 18.8. The van der Waals surface area contributed by atoms with Crippen LogP contribution in [-0.4, -0.2) is 36.9 Å². The molecule has 2 amide bonds. The molecule has 0 fully saturated rings. The van der Waals surface area contributed by atoms with E-state index >= 15 is 0 Å². The topological polar surface area (TPSA) is 84.7 Å². The average molecular weight is 355 g/mol. The summed E-state index contributed by atoms with van der Waals surface area (Å²) in [5.74, 6) is 0.119. The number of hydrogen-bond donors (Lipinski definition) is 2. The van der Waals surface area contributed by atoms with Crippen LogP contribution in [0.4, 0.5) is 0 Å². The molecular formula is C20H25N3O3. The fourth-order valence-corrected chi connectivity index (χ4v) is 2.46. The second-order valence-electron chi connectivity index (χ2n) is 5.99. The Morgan fingerprint density at radius 2 is 1.73 bits per heavy atom. The van der Waals surface area contributed by atoms with Crippen LogP contribution in [0.3, 0.4) is 0 Å². The zero-order valence-electron chi connectivity index (χ0n) is 15.0. The maximum Gasteiger partial charge on any atom is 0.237 e. The lowest BCUT2D eigenvalue weighted by Crippen LogP contribution is -2.38. The summed E-state index contributed by atoms with van der Waals surface area (Å²) in [5, 5.41) is 2.93. The summed E-state index contributed by atoms with van der Waals surface area (Å²) in [4.78, 5) is 24.9. The van der Waals surface area contributed by atoms with Crippen LogP contribution in [0.15, 0.2) is 54.6 Å². The maximum atomic E-state index is 12.2. The van der Waals surface area contributed by atoms with Crippen molar-refractivity contribution in [3.8, 4) is 5.75 Å². The summed E-state index contributed by atoms with van der Waals surface area (Å²) in [7, 11) is 1.78. The first-order valence-electron chi connectivity index (χ1n) is 8.55. The third kappa shape index (κ3) is 6.57. The van der Waals surface area contributed by atoms with Crippen molar-refractivity contribution in [1.29, 1.82) is 0 Å². The molecule has 0 aliphatic carbocycles. The molecule has 2 aromatic rings. The molecule has 138 valence electrons. The Morgan fingerprint density at radius 3 is 2.35 bits per heavy atom. The maximum absolute atomic E-state index is 12.2. The largest absolute Gasteiger partial charge is 0.489 e. The van der Waals surface area contributed by atoms with Gasteiger partial charge in [0.2, 0.25) is 11.8 Å². The van der Waals surface area contributed by atoms with Crippen molar-refractivity contribution in [3.63, 3.8) is 0 Å². The number of primary amides is 1. The first-order valence-corrected chi connectivity index (χ1v) is 8.55. The fourth-order valence-electron chi connectivity index (χ4n) is 2.46. The summed E-state index contributed by atoms with van der Waals surface area (Å²) in [5.41, 5.74) is 7.27. The molecule has 0 saturated heterocycles. The number of carbonyl (C=O) groups is 2. The van der Waals surface area contributed by atoms with Gasteiger partial charge in [0.25, 0.3) is 0 Å². The molecular weight excluding hydrogens is 330 g/mol. The minimum absolute atomic E-state index is 0.0885. The molecule has 2 rings (SSSR count). The Labute approximate surface area is 153 Å². The number of nitrogens with zero attached hydrogens (tertiary/aromatic N) is 1. The zero-order valence-corrected chi connectivity index (χ0v) is 15.0. The summed E-state index contributed by atoms with van der Waals surface area (Å²) in [6.07, 6.45) is 0.321. The van der Waals surface area contributed by atoms with Gasteiger partial charge >= 0.3 is 0 Å². The van der Waals surface area contributed by atoms with E-state index in [9.17, 15) is 9.59 Å². The van der Waals surface area contributed by atoms with Crippen molar-refractivity contribution in [2.45, 2.75) is 19.6 Å². The van der Waals surface area contributed by atoms with Crippen molar-refractivity contribution < 1.29 is 14.3 Å². The third-order valence-corrected chi connectivity index (χ3v) is 3.83. The van der Waals surface area contributed by atoms with Crippen LogP contribution in [0.1, 0.15) is 17.5 Å². The Balaban J connectivity index is 1.94. The summed E-state index contributed by atoms with van der Waals surface area (Å²) >= 11 is 0. The lowest BCUT2D eigenvalue weighted by atomic mass is 10.2. The lowest BCUT2D eigenvalue weighted by molar-refractivity contribution is -0.135. The van der Waals surface area contributed by atoms with Gasteiger partial charge in [-0.3, -0.25) is 9.59 Å². The number of nitrogens with two attached hydrogens (primary N) is 1. The van der Waals surface area contributed by atoms with E-state index in [1.165, 1.54) is 4.90 Å². The summed E-state index contributed by atoms with van der Waals surface area (Å²) in [6, 6.07) is 17.4. The minimum atomic E-state index is -0.523. The van der Waals surface area contributed by atoms with Gasteiger partial charge in [-0.05, 0) is 30.3 Å². The highest BCUT2D eigenvalue weighted by Crippen LogP contribution is 2.16. The predicted molar refractivity (Wildman–Crippen MR) is 100 cm³/mol. The van der Waals surface area contributed by atoms with Crippen LogP contribution in [0.5, 0.6) is 5.75 Å². The molecule has 26 heavy (non-hydrogen) atoms. The van der Waals surface area contributed by atoms with E-state index in [2.05, 4.69) is 5.32 Å². The predicted octanol–water partition coefficient (Wildman–Crippen LogP) is 1.69. The number of nitrogens with one attached hydrogen (secondary N) is 1. The molecule has 0 radical (unpaired) electrons. The summed E-state index contributed by atoms with van der Waals surface area (Å²) in [6.45, 7) is 1.30. The van der Waals surface area contributed by atoms with Crippen molar-refractivity contribution in [3.05, 3.63) is 65.7 Å². The van der Waals surface area contributed by atoms with Gasteiger partial charge in [0.1, 0.15) is 12.4 Å². The van der Waals surface area contributed by atoms with Gasteiger partial charge in [0.15, 0.2) is 0 Å². The molecule has 2 aromatic carbocycles. The Morgan fingerprint density at radius 1 is 1.04 bits per heavy atom.